The highest BCUT2D eigenvalue weighted by Gasteiger charge is 2.13. The van der Waals surface area contributed by atoms with Crippen molar-refractivity contribution in [2.75, 3.05) is 11.1 Å². The van der Waals surface area contributed by atoms with Gasteiger partial charge in [0.05, 0.1) is 16.6 Å². The maximum atomic E-state index is 13.1. The first-order valence-electron chi connectivity index (χ1n) is 11.7. The van der Waals surface area contributed by atoms with E-state index in [-0.39, 0.29) is 29.6 Å². The zero-order chi connectivity index (χ0) is 25.2. The molecule has 1 aromatic heterocycles. The van der Waals surface area contributed by atoms with Crippen molar-refractivity contribution in [3.63, 3.8) is 0 Å². The first kappa shape index (κ1) is 26.2. The van der Waals surface area contributed by atoms with E-state index in [9.17, 15) is 19.2 Å². The van der Waals surface area contributed by atoms with E-state index in [2.05, 4.69) is 5.32 Å². The van der Waals surface area contributed by atoms with E-state index in [0.29, 0.717) is 58.9 Å². The molecule has 0 radical (unpaired) electrons. The molecule has 0 aliphatic heterocycles. The normalized spacial score (nSPS) is 10.9. The van der Waals surface area contributed by atoms with Gasteiger partial charge in [-0.2, -0.15) is 0 Å². The van der Waals surface area contributed by atoms with Gasteiger partial charge in [0.25, 0.3) is 5.56 Å². The van der Waals surface area contributed by atoms with Crippen LogP contribution in [0.2, 0.25) is 0 Å². The number of hydrogen-bond donors (Lipinski definition) is 2. The molecule has 3 aromatic rings. The van der Waals surface area contributed by atoms with Crippen molar-refractivity contribution in [3.8, 4) is 0 Å². The van der Waals surface area contributed by atoms with Gasteiger partial charge >= 0.3 is 0 Å². The molecule has 184 valence electrons. The van der Waals surface area contributed by atoms with Crippen LogP contribution in [-0.4, -0.2) is 32.9 Å². The lowest BCUT2D eigenvalue weighted by molar-refractivity contribution is -0.118. The number of amides is 2. The molecule has 0 saturated carbocycles. The van der Waals surface area contributed by atoms with Gasteiger partial charge < -0.3 is 11.1 Å². The number of hydrogen-bond acceptors (Lipinski definition) is 6. The van der Waals surface area contributed by atoms with Gasteiger partial charge in [-0.05, 0) is 50.5 Å². The van der Waals surface area contributed by atoms with Crippen LogP contribution in [0.15, 0.2) is 58.5 Å². The fourth-order valence-corrected chi connectivity index (χ4v) is 4.67. The Morgan fingerprint density at radius 2 is 1.71 bits per heavy atom. The Labute approximate surface area is 208 Å². The first-order valence-corrected chi connectivity index (χ1v) is 12.7. The Hall–Kier alpha value is -3.46. The van der Waals surface area contributed by atoms with E-state index in [0.717, 1.165) is 12.8 Å². The van der Waals surface area contributed by atoms with E-state index in [1.807, 2.05) is 18.2 Å². The Morgan fingerprint density at radius 3 is 2.49 bits per heavy atom. The van der Waals surface area contributed by atoms with Crippen molar-refractivity contribution < 1.29 is 14.4 Å². The van der Waals surface area contributed by atoms with Gasteiger partial charge in [0.15, 0.2) is 10.9 Å². The number of unbranched alkanes of at least 4 members (excludes halogenated alkanes) is 2. The van der Waals surface area contributed by atoms with Gasteiger partial charge in [0.1, 0.15) is 0 Å². The Bertz CT molecular complexity index is 1270. The maximum absolute atomic E-state index is 13.1. The van der Waals surface area contributed by atoms with Gasteiger partial charge in [0.2, 0.25) is 11.8 Å². The minimum absolute atomic E-state index is 0.0911. The number of anilines is 1. The molecule has 35 heavy (non-hydrogen) atoms. The monoisotopic (exact) mass is 494 g/mol. The molecule has 2 amide bonds. The number of ketones is 1. The second-order valence-corrected chi connectivity index (χ2v) is 9.31. The van der Waals surface area contributed by atoms with Crippen LogP contribution in [0.1, 0.15) is 55.8 Å². The van der Waals surface area contributed by atoms with E-state index in [4.69, 9.17) is 10.7 Å². The molecule has 0 unspecified atom stereocenters. The number of nitrogens with one attached hydrogen (secondary N) is 1. The van der Waals surface area contributed by atoms with Crippen LogP contribution in [0.3, 0.4) is 0 Å². The third-order valence-corrected chi connectivity index (χ3v) is 6.55. The molecule has 8 nitrogen and oxygen atoms in total. The smallest absolute Gasteiger partial charge is 0.262 e. The zero-order valence-electron chi connectivity index (χ0n) is 19.8. The number of fused-ring (bicyclic) bond motifs is 1. The van der Waals surface area contributed by atoms with E-state index >= 15 is 0 Å². The van der Waals surface area contributed by atoms with Crippen LogP contribution in [0.4, 0.5) is 5.69 Å². The van der Waals surface area contributed by atoms with Gasteiger partial charge in [-0.3, -0.25) is 23.7 Å². The number of benzene rings is 2. The average Bonchev–Trinajstić information content (AvgIpc) is 2.83. The molecule has 3 rings (SSSR count). The molecule has 0 fully saturated rings. The zero-order valence-corrected chi connectivity index (χ0v) is 20.6. The second kappa shape index (κ2) is 12.9. The van der Waals surface area contributed by atoms with Crippen molar-refractivity contribution in [1.29, 1.82) is 0 Å². The molecule has 0 atom stereocenters. The molecular weight excluding hydrogens is 464 g/mol. The SMILES string of the molecule is CC(=O)c1ccccc1NC(=O)CCCSc1nc2ccccc2c(=O)n1CCCCCC(N)=O. The molecule has 0 aliphatic carbocycles. The van der Waals surface area contributed by atoms with Crippen LogP contribution in [0, 0.1) is 0 Å². The van der Waals surface area contributed by atoms with Gasteiger partial charge in [-0.1, -0.05) is 42.4 Å². The lowest BCUT2D eigenvalue weighted by Crippen LogP contribution is -2.23. The molecule has 0 spiro atoms. The summed E-state index contributed by atoms with van der Waals surface area (Å²) in [6.45, 7) is 1.97. The summed E-state index contributed by atoms with van der Waals surface area (Å²) in [6.07, 6.45) is 3.41. The number of nitrogens with two attached hydrogens (primary N) is 1. The maximum Gasteiger partial charge on any atom is 0.262 e. The summed E-state index contributed by atoms with van der Waals surface area (Å²) in [6, 6.07) is 14.2. The summed E-state index contributed by atoms with van der Waals surface area (Å²) in [5.74, 6) is 0.0115. The van der Waals surface area contributed by atoms with Crippen molar-refractivity contribution in [1.82, 2.24) is 9.55 Å². The minimum Gasteiger partial charge on any atom is -0.370 e. The quantitative estimate of drug-likeness (QED) is 0.159. The van der Waals surface area contributed by atoms with Gasteiger partial charge in [-0.25, -0.2) is 4.98 Å². The predicted molar refractivity (Wildman–Crippen MR) is 139 cm³/mol. The highest BCUT2D eigenvalue weighted by molar-refractivity contribution is 7.99. The van der Waals surface area contributed by atoms with Crippen molar-refractivity contribution >= 4 is 45.9 Å². The summed E-state index contributed by atoms with van der Waals surface area (Å²) in [4.78, 5) is 52.9. The summed E-state index contributed by atoms with van der Waals surface area (Å²) in [5, 5.41) is 3.99. The summed E-state index contributed by atoms with van der Waals surface area (Å²) < 4.78 is 1.68. The van der Waals surface area contributed by atoms with Crippen molar-refractivity contribution in [2.45, 2.75) is 57.1 Å². The largest absolute Gasteiger partial charge is 0.370 e. The Balaban J connectivity index is 1.61. The molecule has 0 saturated heterocycles. The Morgan fingerprint density at radius 1 is 0.971 bits per heavy atom. The van der Waals surface area contributed by atoms with Crippen LogP contribution in [0.5, 0.6) is 0 Å². The van der Waals surface area contributed by atoms with Gasteiger partial charge in [-0.15, -0.1) is 0 Å². The molecule has 9 heteroatoms. The third-order valence-electron chi connectivity index (χ3n) is 5.49. The number of rotatable bonds is 13. The lowest BCUT2D eigenvalue weighted by Gasteiger charge is -2.13. The highest BCUT2D eigenvalue weighted by Crippen LogP contribution is 2.21. The standard InChI is InChI=1S/C26H30N4O4S/c1-18(31)19-10-4-6-12-21(19)28-24(33)15-9-17-35-26-29-22-13-7-5-11-20(22)25(34)30(26)16-8-2-3-14-23(27)32/h4-7,10-13H,2-3,8-9,14-17H2,1H3,(H2,27,32)(H,28,33). The summed E-state index contributed by atoms with van der Waals surface area (Å²) >= 11 is 1.44. The summed E-state index contributed by atoms with van der Waals surface area (Å²) in [5.41, 5.74) is 6.74. The molecule has 0 bridgehead atoms. The van der Waals surface area contributed by atoms with Gasteiger partial charge in [0, 0.05) is 30.7 Å². The highest BCUT2D eigenvalue weighted by atomic mass is 32.2. The van der Waals surface area contributed by atoms with Crippen LogP contribution < -0.4 is 16.6 Å². The fraction of sp³-hybridized carbons (Fsp3) is 0.346. The van der Waals surface area contributed by atoms with E-state index < -0.39 is 0 Å². The van der Waals surface area contributed by atoms with Crippen molar-refractivity contribution in [3.05, 3.63) is 64.4 Å². The number of nitrogens with zero attached hydrogens (tertiary/aromatic N) is 2. The Kier molecular flexibility index (Phi) is 9.60. The summed E-state index contributed by atoms with van der Waals surface area (Å²) in [7, 11) is 0. The molecule has 0 aliphatic rings. The minimum atomic E-state index is -0.320. The molecular formula is C26H30N4O4S. The lowest BCUT2D eigenvalue weighted by atomic mass is 10.1. The van der Waals surface area contributed by atoms with Crippen LogP contribution >= 0.6 is 11.8 Å². The third kappa shape index (κ3) is 7.51. The topological polar surface area (TPSA) is 124 Å². The van der Waals surface area contributed by atoms with Crippen molar-refractivity contribution in [2.24, 2.45) is 5.73 Å². The number of carbonyl (C=O) groups is 3. The number of para-hydroxylation sites is 2. The van der Waals surface area contributed by atoms with Crippen LogP contribution in [-0.2, 0) is 16.1 Å². The molecule has 3 N–H and O–H groups in total. The number of thioether (sulfide) groups is 1. The molecule has 1 heterocycles. The fourth-order valence-electron chi connectivity index (χ4n) is 3.71. The number of Topliss-reactive ketones (excluding diaryl/α,β-unsaturated/α-hetero) is 1. The first-order chi connectivity index (χ1) is 16.9. The second-order valence-electron chi connectivity index (χ2n) is 8.25. The molecule has 2 aromatic carbocycles. The van der Waals surface area contributed by atoms with E-state index in [1.165, 1.54) is 18.7 Å². The average molecular weight is 495 g/mol. The number of primary amides is 1. The van der Waals surface area contributed by atoms with E-state index in [1.54, 1.807) is 34.9 Å². The predicted octanol–water partition coefficient (Wildman–Crippen LogP) is 4.16. The number of aromatic nitrogens is 2. The number of carbonyl (C=O) groups excluding carboxylic acids is 3. The van der Waals surface area contributed by atoms with Crippen LogP contribution in [0.25, 0.3) is 10.9 Å².